The lowest BCUT2D eigenvalue weighted by molar-refractivity contribution is -0.398. The van der Waals surface area contributed by atoms with Gasteiger partial charge >= 0.3 is 0 Å². The second-order valence-electron chi connectivity index (χ2n) is 4.51. The van der Waals surface area contributed by atoms with E-state index in [1.807, 2.05) is 0 Å². The second kappa shape index (κ2) is 7.18. The van der Waals surface area contributed by atoms with Gasteiger partial charge in [0.25, 0.3) is 11.6 Å². The van der Waals surface area contributed by atoms with Gasteiger partial charge in [0.2, 0.25) is 0 Å². The molecule has 124 valence electrons. The van der Waals surface area contributed by atoms with Crippen LogP contribution in [0.5, 0.6) is 11.5 Å². The Morgan fingerprint density at radius 3 is 2.71 bits per heavy atom. The highest BCUT2D eigenvalue weighted by molar-refractivity contribution is 5.95. The molecule has 0 saturated heterocycles. The predicted octanol–water partition coefficient (Wildman–Crippen LogP) is 1.58. The number of ether oxygens (including phenoxy) is 1. The van der Waals surface area contributed by atoms with Crippen molar-refractivity contribution in [3.05, 3.63) is 63.5 Å². The van der Waals surface area contributed by atoms with Gasteiger partial charge in [-0.15, -0.1) is 0 Å². The van der Waals surface area contributed by atoms with Crippen molar-refractivity contribution in [3.8, 4) is 11.5 Å². The van der Waals surface area contributed by atoms with Gasteiger partial charge in [-0.25, -0.2) is 9.82 Å². The molecule has 2 aromatic rings. The van der Waals surface area contributed by atoms with Crippen LogP contribution in [0.3, 0.4) is 0 Å². The Morgan fingerprint density at radius 2 is 2.08 bits per heavy atom. The minimum Gasteiger partial charge on any atom is -0.865 e. The predicted molar refractivity (Wildman–Crippen MR) is 80.6 cm³/mol. The van der Waals surface area contributed by atoms with Crippen LogP contribution in [0.1, 0.15) is 15.9 Å². The number of nitrogens with one attached hydrogen (secondary N) is 1. The fourth-order valence-electron chi connectivity index (χ4n) is 1.84. The normalized spacial score (nSPS) is 10.6. The average molecular weight is 332 g/mol. The molecule has 0 radical (unpaired) electrons. The van der Waals surface area contributed by atoms with Crippen LogP contribution in [0.4, 0.5) is 10.1 Å². The molecule has 2 rings (SSSR count). The van der Waals surface area contributed by atoms with Crippen LogP contribution in [0.2, 0.25) is 0 Å². The maximum atomic E-state index is 13.4. The lowest BCUT2D eigenvalue weighted by Crippen LogP contribution is -2.18. The van der Waals surface area contributed by atoms with Crippen molar-refractivity contribution in [2.75, 3.05) is 7.11 Å². The number of nitro benzene ring substituents is 1. The number of amides is 1. The highest BCUT2D eigenvalue weighted by atomic mass is 19.1. The summed E-state index contributed by atoms with van der Waals surface area (Å²) in [6.45, 7) is 0. The van der Waals surface area contributed by atoms with Gasteiger partial charge in [0.05, 0.1) is 23.8 Å². The first-order valence-electron chi connectivity index (χ1n) is 6.55. The van der Waals surface area contributed by atoms with E-state index >= 15 is 0 Å². The highest BCUT2D eigenvalue weighted by Gasteiger charge is 2.13. The average Bonchev–Trinajstić information content (AvgIpc) is 2.56. The van der Waals surface area contributed by atoms with Gasteiger partial charge in [-0.1, -0.05) is 12.1 Å². The standard InChI is InChI=1S/C15H12FN3O5/c1-24-13-7-9(6-12(14(13)20)19(22)23)8-17-18-15(21)10-4-2-3-5-11(10)16/h2-8,20H,1H3,(H,18,21)/p-1/b17-8-. The van der Waals surface area contributed by atoms with Gasteiger partial charge in [0.15, 0.2) is 0 Å². The van der Waals surface area contributed by atoms with E-state index in [1.165, 1.54) is 31.4 Å². The van der Waals surface area contributed by atoms with Gasteiger partial charge in [0, 0.05) is 17.4 Å². The van der Waals surface area contributed by atoms with E-state index in [1.54, 1.807) is 0 Å². The second-order valence-corrected chi connectivity index (χ2v) is 4.51. The molecule has 8 nitrogen and oxygen atoms in total. The number of rotatable bonds is 5. The summed E-state index contributed by atoms with van der Waals surface area (Å²) in [6.07, 6.45) is 1.08. The zero-order valence-electron chi connectivity index (χ0n) is 12.4. The number of halogens is 1. The summed E-state index contributed by atoms with van der Waals surface area (Å²) in [7, 11) is 1.20. The van der Waals surface area contributed by atoms with Crippen LogP contribution in [-0.2, 0) is 0 Å². The summed E-state index contributed by atoms with van der Waals surface area (Å²) in [5.41, 5.74) is 1.37. The van der Waals surface area contributed by atoms with Gasteiger partial charge < -0.3 is 9.84 Å². The summed E-state index contributed by atoms with van der Waals surface area (Å²) < 4.78 is 18.2. The molecule has 0 atom stereocenters. The molecular weight excluding hydrogens is 321 g/mol. The summed E-state index contributed by atoms with van der Waals surface area (Å²) in [5, 5.41) is 26.1. The Kier molecular flexibility index (Phi) is 5.05. The number of hydrogen-bond donors (Lipinski definition) is 1. The maximum Gasteiger partial charge on any atom is 0.274 e. The number of benzene rings is 2. The van der Waals surface area contributed by atoms with E-state index < -0.39 is 28.1 Å². The Labute approximate surface area is 135 Å². The fourth-order valence-corrected chi connectivity index (χ4v) is 1.84. The largest absolute Gasteiger partial charge is 0.865 e. The molecule has 0 fully saturated rings. The van der Waals surface area contributed by atoms with E-state index in [9.17, 15) is 24.4 Å². The summed E-state index contributed by atoms with van der Waals surface area (Å²) in [6, 6.07) is 7.55. The quantitative estimate of drug-likeness (QED) is 0.507. The zero-order chi connectivity index (χ0) is 17.7. The summed E-state index contributed by atoms with van der Waals surface area (Å²) in [5.74, 6) is -2.59. The lowest BCUT2D eigenvalue weighted by atomic mass is 10.2. The molecular formula is C15H11FN3O5-. The molecule has 0 aromatic heterocycles. The molecule has 1 amide bonds. The Balaban J connectivity index is 2.20. The van der Waals surface area contributed by atoms with Crippen molar-refractivity contribution in [1.82, 2.24) is 5.43 Å². The first-order valence-corrected chi connectivity index (χ1v) is 6.55. The number of hydrazone groups is 1. The molecule has 0 spiro atoms. The maximum absolute atomic E-state index is 13.4. The minimum atomic E-state index is -0.866. The van der Waals surface area contributed by atoms with Crippen LogP contribution in [0, 0.1) is 15.9 Å². The van der Waals surface area contributed by atoms with Gasteiger partial charge in [-0.3, -0.25) is 14.9 Å². The number of carbonyl (C=O) groups excluding carboxylic acids is 1. The van der Waals surface area contributed by atoms with Crippen LogP contribution >= 0.6 is 0 Å². The lowest BCUT2D eigenvalue weighted by Gasteiger charge is -2.12. The van der Waals surface area contributed by atoms with Crippen molar-refractivity contribution in [1.29, 1.82) is 0 Å². The first kappa shape index (κ1) is 16.9. The number of hydrogen-bond acceptors (Lipinski definition) is 6. The Bertz CT molecular complexity index is 823. The van der Waals surface area contributed by atoms with Crippen molar-refractivity contribution in [2.45, 2.75) is 0 Å². The molecule has 0 unspecified atom stereocenters. The van der Waals surface area contributed by atoms with Crippen LogP contribution in [0.25, 0.3) is 0 Å². The molecule has 0 bridgehead atoms. The first-order chi connectivity index (χ1) is 11.4. The van der Waals surface area contributed by atoms with Crippen molar-refractivity contribution < 1.29 is 24.0 Å². The monoisotopic (exact) mass is 332 g/mol. The molecule has 0 aliphatic carbocycles. The van der Waals surface area contributed by atoms with E-state index in [0.29, 0.717) is 0 Å². The van der Waals surface area contributed by atoms with Crippen molar-refractivity contribution >= 4 is 17.8 Å². The third kappa shape index (κ3) is 3.64. The molecule has 1 N–H and O–H groups in total. The SMILES string of the molecule is COc1cc(/C=N\NC(=O)c2ccccc2F)cc([N+](=O)[O-])c1[O-]. The van der Waals surface area contributed by atoms with E-state index in [4.69, 9.17) is 4.74 Å². The molecule has 0 saturated carbocycles. The Morgan fingerprint density at radius 1 is 1.38 bits per heavy atom. The number of methoxy groups -OCH3 is 1. The number of carbonyl (C=O) groups is 1. The van der Waals surface area contributed by atoms with Gasteiger partial charge in [-0.05, 0) is 18.2 Å². The van der Waals surface area contributed by atoms with Crippen LogP contribution in [0.15, 0.2) is 41.5 Å². The van der Waals surface area contributed by atoms with E-state index in [0.717, 1.165) is 18.3 Å². The summed E-state index contributed by atoms with van der Waals surface area (Å²) in [4.78, 5) is 21.8. The summed E-state index contributed by atoms with van der Waals surface area (Å²) >= 11 is 0. The fraction of sp³-hybridized carbons (Fsp3) is 0.0667. The van der Waals surface area contributed by atoms with E-state index in [-0.39, 0.29) is 16.9 Å². The number of nitrogens with zero attached hydrogens (tertiary/aromatic N) is 2. The van der Waals surface area contributed by atoms with Gasteiger partial charge in [-0.2, -0.15) is 5.10 Å². The Hall–Kier alpha value is -3.49. The van der Waals surface area contributed by atoms with Crippen LogP contribution in [-0.4, -0.2) is 24.2 Å². The third-order valence-electron chi connectivity index (χ3n) is 2.97. The molecule has 9 heteroatoms. The molecule has 24 heavy (non-hydrogen) atoms. The minimum absolute atomic E-state index is 0.159. The highest BCUT2D eigenvalue weighted by Crippen LogP contribution is 2.33. The van der Waals surface area contributed by atoms with Gasteiger partial charge in [0.1, 0.15) is 11.6 Å². The smallest absolute Gasteiger partial charge is 0.274 e. The third-order valence-corrected chi connectivity index (χ3v) is 2.97. The topological polar surface area (TPSA) is 117 Å². The molecule has 0 heterocycles. The van der Waals surface area contributed by atoms with Crippen molar-refractivity contribution in [2.24, 2.45) is 5.10 Å². The molecule has 0 aliphatic rings. The molecule has 0 aliphatic heterocycles. The molecule has 2 aromatic carbocycles. The van der Waals surface area contributed by atoms with Crippen molar-refractivity contribution in [3.63, 3.8) is 0 Å². The van der Waals surface area contributed by atoms with Crippen LogP contribution < -0.4 is 15.3 Å². The zero-order valence-corrected chi connectivity index (χ0v) is 12.4. The van der Waals surface area contributed by atoms with E-state index in [2.05, 4.69) is 10.5 Å². The number of nitro groups is 1.